The first-order valence-corrected chi connectivity index (χ1v) is 4.45. The van der Waals surface area contributed by atoms with Crippen molar-refractivity contribution in [2.24, 2.45) is 0 Å². The van der Waals surface area contributed by atoms with Crippen LogP contribution < -0.4 is 5.32 Å². The smallest absolute Gasteiger partial charge is 0.213 e. The van der Waals surface area contributed by atoms with E-state index in [2.05, 4.69) is 40.5 Å². The molecule has 0 aliphatic rings. The highest BCUT2D eigenvalue weighted by Gasteiger charge is 2.04. The van der Waals surface area contributed by atoms with Crippen LogP contribution in [0.3, 0.4) is 0 Å². The molecule has 0 unspecified atom stereocenters. The SMILES string of the molecule is c1nc(CNc2cncc3nnnn23)no1. The summed E-state index contributed by atoms with van der Waals surface area (Å²) in [5, 5.41) is 17.8. The Morgan fingerprint density at radius 2 is 2.38 bits per heavy atom. The molecule has 0 spiro atoms. The van der Waals surface area contributed by atoms with Gasteiger partial charge in [0.2, 0.25) is 6.39 Å². The molecule has 0 saturated carbocycles. The molecular formula is C7H6N8O. The van der Waals surface area contributed by atoms with Gasteiger partial charge in [-0.15, -0.1) is 5.10 Å². The summed E-state index contributed by atoms with van der Waals surface area (Å²) in [6, 6.07) is 0. The van der Waals surface area contributed by atoms with Crippen LogP contribution in [0.4, 0.5) is 5.82 Å². The number of anilines is 1. The van der Waals surface area contributed by atoms with Crippen molar-refractivity contribution in [2.75, 3.05) is 5.32 Å². The molecule has 0 fully saturated rings. The summed E-state index contributed by atoms with van der Waals surface area (Å²) in [4.78, 5) is 7.87. The summed E-state index contributed by atoms with van der Waals surface area (Å²) in [5.74, 6) is 1.21. The molecule has 0 amide bonds. The van der Waals surface area contributed by atoms with Crippen molar-refractivity contribution in [2.45, 2.75) is 6.54 Å². The van der Waals surface area contributed by atoms with Crippen LogP contribution in [0.5, 0.6) is 0 Å². The first-order valence-electron chi connectivity index (χ1n) is 4.45. The zero-order chi connectivity index (χ0) is 10.8. The van der Waals surface area contributed by atoms with E-state index in [0.717, 1.165) is 0 Å². The van der Waals surface area contributed by atoms with Crippen LogP contribution in [0.1, 0.15) is 5.82 Å². The van der Waals surface area contributed by atoms with E-state index >= 15 is 0 Å². The van der Waals surface area contributed by atoms with Gasteiger partial charge in [0.25, 0.3) is 0 Å². The van der Waals surface area contributed by atoms with E-state index < -0.39 is 0 Å². The van der Waals surface area contributed by atoms with Gasteiger partial charge in [-0.3, -0.25) is 4.98 Å². The maximum Gasteiger partial charge on any atom is 0.213 e. The zero-order valence-corrected chi connectivity index (χ0v) is 7.98. The van der Waals surface area contributed by atoms with Crippen LogP contribution in [-0.4, -0.2) is 35.2 Å². The second kappa shape index (κ2) is 3.53. The highest BCUT2D eigenvalue weighted by atomic mass is 16.5. The molecule has 9 heteroatoms. The Kier molecular flexibility index (Phi) is 1.92. The standard InChI is InChI=1S/C7H6N8O/c1(5-10-4-16-12-5)9-6-2-8-3-7-11-13-14-15(6)7/h2-4,9H,1H2. The Hall–Kier alpha value is -2.58. The predicted octanol–water partition coefficient (Wildman–Crippen LogP) is -0.486. The van der Waals surface area contributed by atoms with Crippen molar-refractivity contribution >= 4 is 11.5 Å². The van der Waals surface area contributed by atoms with Gasteiger partial charge in [0, 0.05) is 0 Å². The van der Waals surface area contributed by atoms with Gasteiger partial charge in [0.1, 0.15) is 0 Å². The Morgan fingerprint density at radius 1 is 1.38 bits per heavy atom. The van der Waals surface area contributed by atoms with Crippen molar-refractivity contribution < 1.29 is 4.52 Å². The lowest BCUT2D eigenvalue weighted by atomic mass is 10.5. The van der Waals surface area contributed by atoms with Gasteiger partial charge in [-0.1, -0.05) is 5.16 Å². The van der Waals surface area contributed by atoms with Crippen LogP contribution >= 0.6 is 0 Å². The lowest BCUT2D eigenvalue weighted by Gasteiger charge is -2.03. The Balaban J connectivity index is 1.86. The molecule has 0 aromatic carbocycles. The van der Waals surface area contributed by atoms with Crippen LogP contribution in [0.15, 0.2) is 23.3 Å². The van der Waals surface area contributed by atoms with Crippen LogP contribution in [0, 0.1) is 0 Å². The van der Waals surface area contributed by atoms with E-state index in [0.29, 0.717) is 23.8 Å². The van der Waals surface area contributed by atoms with Crippen molar-refractivity contribution in [3.05, 3.63) is 24.6 Å². The zero-order valence-electron chi connectivity index (χ0n) is 7.98. The molecular weight excluding hydrogens is 212 g/mol. The van der Waals surface area contributed by atoms with Gasteiger partial charge >= 0.3 is 0 Å². The minimum Gasteiger partial charge on any atom is -0.361 e. The third kappa shape index (κ3) is 1.43. The van der Waals surface area contributed by atoms with E-state index in [1.54, 1.807) is 12.4 Å². The average molecular weight is 218 g/mol. The third-order valence-electron chi connectivity index (χ3n) is 1.94. The molecule has 3 heterocycles. The van der Waals surface area contributed by atoms with Gasteiger partial charge in [-0.25, -0.2) is 0 Å². The normalized spacial score (nSPS) is 10.8. The van der Waals surface area contributed by atoms with Gasteiger partial charge in [0.05, 0.1) is 18.9 Å². The van der Waals surface area contributed by atoms with Crippen molar-refractivity contribution in [3.63, 3.8) is 0 Å². The van der Waals surface area contributed by atoms with Gasteiger partial charge in [-0.05, 0) is 10.4 Å². The Labute approximate surface area is 88.5 Å². The molecule has 3 aromatic rings. The van der Waals surface area contributed by atoms with E-state index in [-0.39, 0.29) is 0 Å². The maximum absolute atomic E-state index is 4.61. The van der Waals surface area contributed by atoms with Gasteiger partial charge in [0.15, 0.2) is 17.3 Å². The molecule has 1 N–H and O–H groups in total. The molecule has 0 aliphatic carbocycles. The number of nitrogens with zero attached hydrogens (tertiary/aromatic N) is 7. The van der Waals surface area contributed by atoms with Crippen LogP contribution in [0.2, 0.25) is 0 Å². The fourth-order valence-electron chi connectivity index (χ4n) is 1.24. The van der Waals surface area contributed by atoms with E-state index in [1.807, 2.05) is 0 Å². The molecule has 0 atom stereocenters. The van der Waals surface area contributed by atoms with E-state index in [4.69, 9.17) is 0 Å². The molecule has 16 heavy (non-hydrogen) atoms. The summed E-state index contributed by atoms with van der Waals surface area (Å²) in [6.45, 7) is 0.414. The molecule has 0 bridgehead atoms. The number of hydrogen-bond acceptors (Lipinski definition) is 8. The maximum atomic E-state index is 4.61. The second-order valence-electron chi connectivity index (χ2n) is 2.94. The monoisotopic (exact) mass is 218 g/mol. The van der Waals surface area contributed by atoms with Crippen LogP contribution in [-0.2, 0) is 6.54 Å². The second-order valence-corrected chi connectivity index (χ2v) is 2.94. The number of rotatable bonds is 3. The van der Waals surface area contributed by atoms with Crippen LogP contribution in [0.25, 0.3) is 5.65 Å². The summed E-state index contributed by atoms with van der Waals surface area (Å²) < 4.78 is 6.15. The molecule has 0 saturated heterocycles. The number of hydrogen-bond donors (Lipinski definition) is 1. The minimum atomic E-state index is 0.414. The first-order chi connectivity index (χ1) is 7.93. The topological polar surface area (TPSA) is 107 Å². The summed E-state index contributed by atoms with van der Waals surface area (Å²) >= 11 is 0. The number of nitrogens with one attached hydrogen (secondary N) is 1. The summed E-state index contributed by atoms with van der Waals surface area (Å²) in [5.41, 5.74) is 0.568. The Bertz CT molecular complexity index is 587. The minimum absolute atomic E-state index is 0.414. The fourth-order valence-corrected chi connectivity index (χ4v) is 1.24. The van der Waals surface area contributed by atoms with Gasteiger partial charge < -0.3 is 9.84 Å². The van der Waals surface area contributed by atoms with Crippen molar-refractivity contribution in [3.8, 4) is 0 Å². The molecule has 0 radical (unpaired) electrons. The lowest BCUT2D eigenvalue weighted by Crippen LogP contribution is -2.06. The highest BCUT2D eigenvalue weighted by Crippen LogP contribution is 2.06. The summed E-state index contributed by atoms with van der Waals surface area (Å²) in [7, 11) is 0. The summed E-state index contributed by atoms with van der Waals surface area (Å²) in [6.07, 6.45) is 4.45. The van der Waals surface area contributed by atoms with E-state index in [9.17, 15) is 0 Å². The number of tetrazole rings is 1. The largest absolute Gasteiger partial charge is 0.361 e. The molecule has 3 aromatic heterocycles. The van der Waals surface area contributed by atoms with Gasteiger partial charge in [-0.2, -0.15) is 9.50 Å². The lowest BCUT2D eigenvalue weighted by molar-refractivity contribution is 0.411. The average Bonchev–Trinajstić information content (AvgIpc) is 2.97. The fraction of sp³-hybridized carbons (Fsp3) is 0.143. The van der Waals surface area contributed by atoms with Crippen molar-refractivity contribution in [1.29, 1.82) is 0 Å². The highest BCUT2D eigenvalue weighted by molar-refractivity contribution is 5.43. The molecule has 9 nitrogen and oxygen atoms in total. The molecule has 3 rings (SSSR count). The predicted molar refractivity (Wildman–Crippen MR) is 50.2 cm³/mol. The number of aromatic nitrogens is 7. The Morgan fingerprint density at radius 3 is 3.25 bits per heavy atom. The number of fused-ring (bicyclic) bond motifs is 1. The first kappa shape index (κ1) is 8.71. The molecule has 80 valence electrons. The quantitative estimate of drug-likeness (QED) is 0.627. The van der Waals surface area contributed by atoms with E-state index in [1.165, 1.54) is 10.9 Å². The third-order valence-corrected chi connectivity index (χ3v) is 1.94. The molecule has 0 aliphatic heterocycles. The van der Waals surface area contributed by atoms with Crippen molar-refractivity contribution in [1.82, 2.24) is 35.2 Å².